The maximum absolute atomic E-state index is 5.27. The van der Waals surface area contributed by atoms with Gasteiger partial charge in [0.2, 0.25) is 0 Å². The number of methoxy groups -OCH3 is 2. The third kappa shape index (κ3) is 3.91. The summed E-state index contributed by atoms with van der Waals surface area (Å²) in [5.41, 5.74) is 0.782. The summed E-state index contributed by atoms with van der Waals surface area (Å²) in [6, 6.07) is 5.53. The third-order valence-corrected chi connectivity index (χ3v) is 2.89. The first kappa shape index (κ1) is 15.2. The molecule has 0 aliphatic carbocycles. The Morgan fingerprint density at radius 3 is 2.24 bits per heavy atom. The molecule has 7 nitrogen and oxygen atoms in total. The quantitative estimate of drug-likeness (QED) is 0.901. The van der Waals surface area contributed by atoms with Crippen molar-refractivity contribution in [2.24, 2.45) is 0 Å². The van der Waals surface area contributed by atoms with Gasteiger partial charge in [0.05, 0.1) is 26.5 Å². The first-order valence-electron chi connectivity index (χ1n) is 6.68. The molecule has 1 aromatic heterocycles. The standard InChI is InChI=1S/C14H21N5O2/c1-14(2,3)15-9-13-16-17-18-19(13)10-6-11(20-4)8-12(7-10)21-5/h6-8,15H,9H2,1-5H3. The van der Waals surface area contributed by atoms with Gasteiger partial charge in [0, 0.05) is 23.7 Å². The maximum Gasteiger partial charge on any atom is 0.170 e. The smallest absolute Gasteiger partial charge is 0.170 e. The number of rotatable bonds is 5. The highest BCUT2D eigenvalue weighted by molar-refractivity contribution is 5.46. The number of aromatic nitrogens is 4. The molecule has 0 saturated carbocycles. The maximum atomic E-state index is 5.27. The Morgan fingerprint density at radius 2 is 1.71 bits per heavy atom. The van der Waals surface area contributed by atoms with Gasteiger partial charge in [0.1, 0.15) is 11.5 Å². The van der Waals surface area contributed by atoms with Gasteiger partial charge in [-0.15, -0.1) is 5.10 Å². The molecule has 1 aromatic carbocycles. The summed E-state index contributed by atoms with van der Waals surface area (Å²) in [6.45, 7) is 6.84. The molecule has 0 bridgehead atoms. The summed E-state index contributed by atoms with van der Waals surface area (Å²) in [5.74, 6) is 2.10. The van der Waals surface area contributed by atoms with Gasteiger partial charge < -0.3 is 14.8 Å². The number of nitrogens with one attached hydrogen (secondary N) is 1. The molecule has 0 fully saturated rings. The SMILES string of the molecule is COc1cc(OC)cc(-n2nnnc2CNC(C)(C)C)c1. The average molecular weight is 291 g/mol. The Labute approximate surface area is 124 Å². The van der Waals surface area contributed by atoms with Crippen LogP contribution in [0.5, 0.6) is 11.5 Å². The zero-order chi connectivity index (χ0) is 15.5. The van der Waals surface area contributed by atoms with Crippen molar-refractivity contribution in [2.45, 2.75) is 32.9 Å². The Morgan fingerprint density at radius 1 is 1.10 bits per heavy atom. The second-order valence-corrected chi connectivity index (χ2v) is 5.68. The van der Waals surface area contributed by atoms with E-state index in [0.717, 1.165) is 11.5 Å². The summed E-state index contributed by atoms with van der Waals surface area (Å²) in [6.07, 6.45) is 0. The van der Waals surface area contributed by atoms with Gasteiger partial charge in [-0.2, -0.15) is 4.68 Å². The predicted molar refractivity (Wildman–Crippen MR) is 78.9 cm³/mol. The molecule has 1 N–H and O–H groups in total. The molecule has 0 saturated heterocycles. The number of hydrogen-bond donors (Lipinski definition) is 1. The van der Waals surface area contributed by atoms with E-state index in [2.05, 4.69) is 41.6 Å². The summed E-state index contributed by atoms with van der Waals surface area (Å²) >= 11 is 0. The predicted octanol–water partition coefficient (Wildman–Crippen LogP) is 1.57. The minimum Gasteiger partial charge on any atom is -0.497 e. The second-order valence-electron chi connectivity index (χ2n) is 5.68. The highest BCUT2D eigenvalue weighted by Crippen LogP contribution is 2.24. The van der Waals surface area contributed by atoms with Crippen LogP contribution in [0.2, 0.25) is 0 Å². The lowest BCUT2D eigenvalue weighted by atomic mass is 10.1. The molecule has 0 aliphatic heterocycles. The van der Waals surface area contributed by atoms with E-state index in [-0.39, 0.29) is 5.54 Å². The van der Waals surface area contributed by atoms with E-state index < -0.39 is 0 Å². The van der Waals surface area contributed by atoms with Gasteiger partial charge in [-0.05, 0) is 31.2 Å². The lowest BCUT2D eigenvalue weighted by Gasteiger charge is -2.20. The molecule has 0 atom stereocenters. The van der Waals surface area contributed by atoms with Crippen LogP contribution in [0.25, 0.3) is 5.69 Å². The number of nitrogens with zero attached hydrogens (tertiary/aromatic N) is 4. The molecule has 2 aromatic rings. The van der Waals surface area contributed by atoms with Crippen molar-refractivity contribution in [3.05, 3.63) is 24.0 Å². The monoisotopic (exact) mass is 291 g/mol. The molecule has 114 valence electrons. The number of benzene rings is 1. The van der Waals surface area contributed by atoms with Crippen LogP contribution in [0.1, 0.15) is 26.6 Å². The molecule has 2 rings (SSSR count). The molecule has 7 heteroatoms. The Balaban J connectivity index is 2.32. The summed E-state index contributed by atoms with van der Waals surface area (Å²) in [5, 5.41) is 15.2. The van der Waals surface area contributed by atoms with Gasteiger partial charge in [0.25, 0.3) is 0 Å². The summed E-state index contributed by atoms with van der Waals surface area (Å²) in [4.78, 5) is 0. The van der Waals surface area contributed by atoms with Crippen molar-refractivity contribution in [3.63, 3.8) is 0 Å². The molecule has 0 aliphatic rings. The molecule has 1 heterocycles. The van der Waals surface area contributed by atoms with Gasteiger partial charge >= 0.3 is 0 Å². The van der Waals surface area contributed by atoms with Crippen molar-refractivity contribution >= 4 is 0 Å². The highest BCUT2D eigenvalue weighted by Gasteiger charge is 2.14. The van der Waals surface area contributed by atoms with Crippen LogP contribution in [0.3, 0.4) is 0 Å². The third-order valence-electron chi connectivity index (χ3n) is 2.89. The van der Waals surface area contributed by atoms with E-state index in [4.69, 9.17) is 9.47 Å². The van der Waals surface area contributed by atoms with Crippen LogP contribution >= 0.6 is 0 Å². The summed E-state index contributed by atoms with van der Waals surface area (Å²) < 4.78 is 12.2. The zero-order valence-corrected chi connectivity index (χ0v) is 13.0. The molecule has 0 amide bonds. The van der Waals surface area contributed by atoms with Crippen molar-refractivity contribution in [1.29, 1.82) is 0 Å². The topological polar surface area (TPSA) is 74.1 Å². The van der Waals surface area contributed by atoms with Crippen LogP contribution in [-0.2, 0) is 6.54 Å². The van der Waals surface area contributed by atoms with Crippen LogP contribution < -0.4 is 14.8 Å². The van der Waals surface area contributed by atoms with Gasteiger partial charge in [-0.25, -0.2) is 0 Å². The lowest BCUT2D eigenvalue weighted by Crippen LogP contribution is -2.35. The van der Waals surface area contributed by atoms with Gasteiger partial charge in [-0.1, -0.05) is 0 Å². The van der Waals surface area contributed by atoms with Gasteiger partial charge in [-0.3, -0.25) is 0 Å². The highest BCUT2D eigenvalue weighted by atomic mass is 16.5. The fraction of sp³-hybridized carbons (Fsp3) is 0.500. The van der Waals surface area contributed by atoms with Crippen molar-refractivity contribution in [3.8, 4) is 17.2 Å². The van der Waals surface area contributed by atoms with Gasteiger partial charge in [0.15, 0.2) is 5.82 Å². The minimum absolute atomic E-state index is 0.0111. The molecular weight excluding hydrogens is 270 g/mol. The Hall–Kier alpha value is -2.15. The van der Waals surface area contributed by atoms with Crippen LogP contribution in [0.4, 0.5) is 0 Å². The molecular formula is C14H21N5O2. The molecule has 0 radical (unpaired) electrons. The Bertz CT molecular complexity index is 581. The molecule has 21 heavy (non-hydrogen) atoms. The van der Waals surface area contributed by atoms with Crippen LogP contribution in [0, 0.1) is 0 Å². The van der Waals surface area contributed by atoms with Crippen molar-refractivity contribution in [1.82, 2.24) is 25.5 Å². The lowest BCUT2D eigenvalue weighted by molar-refractivity contribution is 0.393. The fourth-order valence-corrected chi connectivity index (χ4v) is 1.78. The second kappa shape index (κ2) is 6.09. The van der Waals surface area contributed by atoms with Crippen LogP contribution in [0.15, 0.2) is 18.2 Å². The van der Waals surface area contributed by atoms with E-state index in [1.807, 2.05) is 12.1 Å². The Kier molecular flexibility index (Phi) is 4.42. The van der Waals surface area contributed by atoms with Crippen LogP contribution in [-0.4, -0.2) is 40.0 Å². The largest absolute Gasteiger partial charge is 0.497 e. The average Bonchev–Trinajstić information content (AvgIpc) is 2.92. The normalized spacial score (nSPS) is 11.5. The van der Waals surface area contributed by atoms with Crippen molar-refractivity contribution < 1.29 is 9.47 Å². The van der Waals surface area contributed by atoms with E-state index in [0.29, 0.717) is 18.0 Å². The molecule has 0 unspecified atom stereocenters. The number of ether oxygens (including phenoxy) is 2. The van der Waals surface area contributed by atoms with E-state index in [9.17, 15) is 0 Å². The number of hydrogen-bond acceptors (Lipinski definition) is 6. The van der Waals surface area contributed by atoms with E-state index in [1.54, 1.807) is 25.0 Å². The fourth-order valence-electron chi connectivity index (χ4n) is 1.78. The zero-order valence-electron chi connectivity index (χ0n) is 13.0. The van der Waals surface area contributed by atoms with E-state index >= 15 is 0 Å². The number of tetrazole rings is 1. The first-order chi connectivity index (χ1) is 9.93. The minimum atomic E-state index is -0.0111. The van der Waals surface area contributed by atoms with E-state index in [1.165, 1.54) is 0 Å². The summed E-state index contributed by atoms with van der Waals surface area (Å²) in [7, 11) is 3.22. The molecule has 0 spiro atoms. The first-order valence-corrected chi connectivity index (χ1v) is 6.68. The van der Waals surface area contributed by atoms with Crippen molar-refractivity contribution in [2.75, 3.05) is 14.2 Å².